The van der Waals surface area contributed by atoms with E-state index < -0.39 is 0 Å². The predicted molar refractivity (Wildman–Crippen MR) is 100 cm³/mol. The van der Waals surface area contributed by atoms with Gasteiger partial charge in [-0.25, -0.2) is 4.79 Å². The number of hydrogen-bond donors (Lipinski definition) is 0. The van der Waals surface area contributed by atoms with Crippen LogP contribution >= 0.6 is 45.2 Å². The fraction of sp³-hybridized carbons (Fsp3) is 0.786. The van der Waals surface area contributed by atoms with Gasteiger partial charge in [0.15, 0.2) is 0 Å². The first-order valence-electron chi connectivity index (χ1n) is 6.91. The van der Waals surface area contributed by atoms with E-state index in [4.69, 9.17) is 4.74 Å². The molecule has 2 nitrogen and oxygen atoms in total. The van der Waals surface area contributed by atoms with E-state index in [2.05, 4.69) is 51.8 Å². The van der Waals surface area contributed by atoms with Crippen molar-refractivity contribution in [2.45, 2.75) is 65.6 Å². The largest absolute Gasteiger partial charge is 0.460 e. The molecule has 0 bridgehead atoms. The van der Waals surface area contributed by atoms with Crippen LogP contribution < -0.4 is 0 Å². The van der Waals surface area contributed by atoms with Crippen LogP contribution in [0.1, 0.15) is 51.9 Å². The highest BCUT2D eigenvalue weighted by Gasteiger charge is 2.05. The third-order valence-electron chi connectivity index (χ3n) is 2.82. The van der Waals surface area contributed by atoms with Crippen molar-refractivity contribution in [3.8, 4) is 0 Å². The summed E-state index contributed by atoms with van der Waals surface area (Å²) in [6.45, 7) is 5.35. The maximum absolute atomic E-state index is 11.0. The third-order valence-corrected chi connectivity index (χ3v) is 6.41. The number of unbranched alkanes of at least 4 members (excludes halogenated alkanes) is 5. The summed E-state index contributed by atoms with van der Waals surface area (Å²) in [5.41, 5.74) is 0. The predicted octanol–water partition coefficient (Wildman–Crippen LogP) is 5.11. The molecular weight excluding hydrogens is 482 g/mol. The highest BCUT2D eigenvalue weighted by atomic mass is 127. The first kappa shape index (κ1) is 19.9. The van der Waals surface area contributed by atoms with Crippen LogP contribution in [0.5, 0.6) is 0 Å². The molecule has 1 unspecified atom stereocenters. The van der Waals surface area contributed by atoms with Crippen LogP contribution in [-0.2, 0) is 9.53 Å². The molecule has 0 aromatic heterocycles. The molecule has 0 rings (SSSR count). The van der Waals surface area contributed by atoms with Crippen molar-refractivity contribution < 1.29 is 9.53 Å². The second kappa shape index (κ2) is 13.9. The number of hydrogen-bond acceptors (Lipinski definition) is 2. The Balaban J connectivity index is 3.22. The first-order valence-corrected chi connectivity index (χ1v) is 10.7. The molecule has 0 heterocycles. The van der Waals surface area contributed by atoms with Gasteiger partial charge in [-0.2, -0.15) is 0 Å². The molecule has 0 aliphatic heterocycles. The van der Waals surface area contributed by atoms with Gasteiger partial charge in [-0.1, -0.05) is 89.9 Å². The van der Waals surface area contributed by atoms with Gasteiger partial charge in [0.2, 0.25) is 0 Å². The summed E-state index contributed by atoms with van der Waals surface area (Å²) in [4.78, 5) is 11.0. The van der Waals surface area contributed by atoms with Crippen LogP contribution in [0.2, 0.25) is 6.04 Å². The van der Waals surface area contributed by atoms with E-state index in [-0.39, 0.29) is 12.1 Å². The van der Waals surface area contributed by atoms with E-state index in [1.54, 1.807) is 0 Å². The summed E-state index contributed by atoms with van der Waals surface area (Å²) in [7, 11) is 1.11. The molecule has 0 spiro atoms. The molecule has 1 atom stereocenters. The van der Waals surface area contributed by atoms with Crippen molar-refractivity contribution in [2.75, 3.05) is 0 Å². The maximum atomic E-state index is 11.0. The van der Waals surface area contributed by atoms with Crippen molar-refractivity contribution >= 4 is 60.7 Å². The number of esters is 1. The van der Waals surface area contributed by atoms with E-state index >= 15 is 0 Å². The lowest BCUT2D eigenvalue weighted by molar-refractivity contribution is -0.142. The van der Waals surface area contributed by atoms with E-state index in [0.29, 0.717) is 0 Å². The Kier molecular flexibility index (Phi) is 14.5. The number of rotatable bonds is 12. The van der Waals surface area contributed by atoms with Gasteiger partial charge in [0.1, 0.15) is 0 Å². The molecule has 0 aromatic carbocycles. The van der Waals surface area contributed by atoms with Crippen LogP contribution in [0.3, 0.4) is 0 Å². The summed E-state index contributed by atoms with van der Waals surface area (Å²) in [5, 5.41) is 0. The lowest BCUT2D eigenvalue weighted by atomic mass is 10.1. The first-order chi connectivity index (χ1) is 9.06. The summed E-state index contributed by atoms with van der Waals surface area (Å²) in [6.07, 6.45) is 10.0. The van der Waals surface area contributed by atoms with Gasteiger partial charge in [0, 0.05) is 6.08 Å². The molecule has 0 fully saturated rings. The fourth-order valence-corrected chi connectivity index (χ4v) is 4.32. The molecule has 0 saturated heterocycles. The van der Waals surface area contributed by atoms with Crippen molar-refractivity contribution in [1.29, 1.82) is 0 Å². The van der Waals surface area contributed by atoms with Crippen LogP contribution in [0.15, 0.2) is 12.7 Å². The molecule has 0 saturated carbocycles. The minimum absolute atomic E-state index is 0.0240. The molecule has 110 valence electrons. The van der Waals surface area contributed by atoms with Crippen molar-refractivity contribution in [2.24, 2.45) is 0 Å². The quantitative estimate of drug-likeness (QED) is 0.0919. The summed E-state index contributed by atoms with van der Waals surface area (Å²) < 4.78 is 5.94. The number of ether oxygens (including phenoxy) is 1. The summed E-state index contributed by atoms with van der Waals surface area (Å²) in [5.74, 6) is -0.308. The van der Waals surface area contributed by atoms with Gasteiger partial charge in [-0.3, -0.25) is 0 Å². The van der Waals surface area contributed by atoms with E-state index in [0.717, 1.165) is 23.9 Å². The minimum Gasteiger partial charge on any atom is -0.460 e. The maximum Gasteiger partial charge on any atom is 0.330 e. The Hall–Kier alpha value is 0.887. The Labute approximate surface area is 147 Å². The number of carbonyl (C=O) groups is 1. The number of carbonyl (C=O) groups excluding carboxylic acids is 1. The molecule has 2 radical (unpaired) electrons. The SMILES string of the molecule is C=CC(=O)OC(C)CCCCCCCC[Si]C(I)I. The van der Waals surface area contributed by atoms with Crippen molar-refractivity contribution in [1.82, 2.24) is 0 Å². The monoisotopic (exact) mass is 506 g/mol. The highest BCUT2D eigenvalue weighted by Crippen LogP contribution is 2.14. The second-order valence-corrected chi connectivity index (χ2v) is 13.3. The number of alkyl halides is 2. The molecule has 0 N–H and O–H groups in total. The normalized spacial score (nSPS) is 12.4. The van der Waals surface area contributed by atoms with Gasteiger partial charge in [-0.15, -0.1) is 0 Å². The highest BCUT2D eigenvalue weighted by molar-refractivity contribution is 14.2. The lowest BCUT2D eigenvalue weighted by Crippen LogP contribution is -2.12. The van der Waals surface area contributed by atoms with Gasteiger partial charge < -0.3 is 4.74 Å². The summed E-state index contributed by atoms with van der Waals surface area (Å²) >= 11 is 4.99. The second-order valence-electron chi connectivity index (χ2n) is 4.62. The van der Waals surface area contributed by atoms with Gasteiger partial charge in [-0.05, 0) is 19.8 Å². The molecule has 0 aliphatic rings. The average molecular weight is 506 g/mol. The topological polar surface area (TPSA) is 26.3 Å². The average Bonchev–Trinajstić information content (AvgIpc) is 2.36. The standard InChI is InChI=1S/C14H24I2O2Si/c1-3-13(17)18-12(2)10-8-6-4-5-7-9-11-19-14(15)16/h3,12,14H,1,4-11H2,2H3. The van der Waals surface area contributed by atoms with E-state index in [1.165, 1.54) is 44.2 Å². The molecule has 0 aromatic rings. The molecule has 0 amide bonds. The minimum atomic E-state index is -0.308. The van der Waals surface area contributed by atoms with Crippen LogP contribution in [-0.4, -0.2) is 23.1 Å². The van der Waals surface area contributed by atoms with Crippen molar-refractivity contribution in [3.63, 3.8) is 0 Å². The van der Waals surface area contributed by atoms with Crippen LogP contribution in [0.4, 0.5) is 0 Å². The molecule has 5 heteroatoms. The Morgan fingerprint density at radius 2 is 1.79 bits per heavy atom. The molecule has 19 heavy (non-hydrogen) atoms. The van der Waals surface area contributed by atoms with Crippen LogP contribution in [0.25, 0.3) is 0 Å². The Morgan fingerprint density at radius 3 is 2.37 bits per heavy atom. The zero-order valence-electron chi connectivity index (χ0n) is 11.7. The van der Waals surface area contributed by atoms with Gasteiger partial charge in [0.05, 0.1) is 17.2 Å². The van der Waals surface area contributed by atoms with Crippen molar-refractivity contribution in [3.05, 3.63) is 12.7 Å². The third kappa shape index (κ3) is 15.1. The molecule has 0 aliphatic carbocycles. The fourth-order valence-electron chi connectivity index (χ4n) is 1.78. The Morgan fingerprint density at radius 1 is 1.21 bits per heavy atom. The zero-order valence-corrected chi connectivity index (χ0v) is 17.0. The van der Waals surface area contributed by atoms with E-state index in [1.807, 2.05) is 6.92 Å². The number of halogens is 2. The Bertz CT molecular complexity index is 248. The lowest BCUT2D eigenvalue weighted by Gasteiger charge is -2.11. The van der Waals surface area contributed by atoms with E-state index in [9.17, 15) is 4.79 Å². The smallest absolute Gasteiger partial charge is 0.330 e. The van der Waals surface area contributed by atoms with Crippen LogP contribution in [0, 0.1) is 0 Å². The molecular formula is C14H24I2O2Si. The van der Waals surface area contributed by atoms with Gasteiger partial charge in [0.25, 0.3) is 0 Å². The summed E-state index contributed by atoms with van der Waals surface area (Å²) in [6, 6.07) is 1.39. The van der Waals surface area contributed by atoms with Gasteiger partial charge >= 0.3 is 5.97 Å². The zero-order chi connectivity index (χ0) is 14.5.